The highest BCUT2D eigenvalue weighted by molar-refractivity contribution is 6.01. The molecule has 3 rings (SSSR count). The second-order valence-electron chi connectivity index (χ2n) is 6.99. The van der Waals surface area contributed by atoms with Gasteiger partial charge in [-0.2, -0.15) is 0 Å². The first-order valence-electron chi connectivity index (χ1n) is 8.83. The standard InChI is InChI=1S/C20H26N2O3/c1-13(22-11-14(2)25-15(3)12-22)10-21-20(24)18-8-16-6-4-5-7-17(16)9-19(18)23/h4-9,13-15,23H,10-12H2,1-3H3,(H,21,24). The zero-order chi connectivity index (χ0) is 18.0. The van der Waals surface area contributed by atoms with Gasteiger partial charge in [0, 0.05) is 25.7 Å². The number of hydrogen-bond acceptors (Lipinski definition) is 4. The van der Waals surface area contributed by atoms with Gasteiger partial charge in [0.15, 0.2) is 0 Å². The van der Waals surface area contributed by atoms with Crippen LogP contribution >= 0.6 is 0 Å². The Hall–Kier alpha value is -2.11. The number of aromatic hydroxyl groups is 1. The highest BCUT2D eigenvalue weighted by Gasteiger charge is 2.26. The molecule has 134 valence electrons. The van der Waals surface area contributed by atoms with Crippen LogP contribution < -0.4 is 5.32 Å². The lowest BCUT2D eigenvalue weighted by Gasteiger charge is -2.39. The number of amides is 1. The molecule has 0 aliphatic carbocycles. The van der Waals surface area contributed by atoms with Crippen molar-refractivity contribution >= 4 is 16.7 Å². The second kappa shape index (κ2) is 7.42. The maximum atomic E-state index is 12.5. The van der Waals surface area contributed by atoms with E-state index in [0.717, 1.165) is 23.9 Å². The smallest absolute Gasteiger partial charge is 0.255 e. The van der Waals surface area contributed by atoms with Gasteiger partial charge in [0.05, 0.1) is 17.8 Å². The fourth-order valence-electron chi connectivity index (χ4n) is 3.45. The minimum atomic E-state index is -0.246. The van der Waals surface area contributed by atoms with Crippen molar-refractivity contribution in [3.63, 3.8) is 0 Å². The minimum absolute atomic E-state index is 0.0115. The second-order valence-corrected chi connectivity index (χ2v) is 6.99. The zero-order valence-electron chi connectivity index (χ0n) is 15.0. The molecule has 1 saturated heterocycles. The first-order valence-corrected chi connectivity index (χ1v) is 8.83. The number of carbonyl (C=O) groups excluding carboxylic acids is 1. The van der Waals surface area contributed by atoms with Crippen LogP contribution in [0, 0.1) is 0 Å². The number of phenols is 1. The fraction of sp³-hybridized carbons (Fsp3) is 0.450. The number of phenolic OH excluding ortho intramolecular Hbond substituents is 1. The Morgan fingerprint density at radius 3 is 2.48 bits per heavy atom. The predicted octanol–water partition coefficient (Wildman–Crippen LogP) is 2.77. The Balaban J connectivity index is 1.65. The molecule has 0 spiro atoms. The molecule has 5 heteroatoms. The molecule has 1 aliphatic heterocycles. The fourth-order valence-corrected chi connectivity index (χ4v) is 3.45. The van der Waals surface area contributed by atoms with E-state index in [1.165, 1.54) is 0 Å². The van der Waals surface area contributed by atoms with Gasteiger partial charge < -0.3 is 15.2 Å². The average Bonchev–Trinajstić information content (AvgIpc) is 2.57. The summed E-state index contributed by atoms with van der Waals surface area (Å²) in [6.07, 6.45) is 0.401. The number of fused-ring (bicyclic) bond motifs is 1. The zero-order valence-corrected chi connectivity index (χ0v) is 15.0. The molecular weight excluding hydrogens is 316 g/mol. The normalized spacial score (nSPS) is 22.7. The molecule has 3 unspecified atom stereocenters. The summed E-state index contributed by atoms with van der Waals surface area (Å²) in [6, 6.07) is 11.3. The van der Waals surface area contributed by atoms with Crippen molar-refractivity contribution in [1.29, 1.82) is 0 Å². The van der Waals surface area contributed by atoms with E-state index in [2.05, 4.69) is 31.0 Å². The number of nitrogens with one attached hydrogen (secondary N) is 1. The van der Waals surface area contributed by atoms with Gasteiger partial charge in [0.25, 0.3) is 5.91 Å². The molecule has 5 nitrogen and oxygen atoms in total. The summed E-state index contributed by atoms with van der Waals surface area (Å²) < 4.78 is 5.76. The highest BCUT2D eigenvalue weighted by Crippen LogP contribution is 2.25. The molecule has 3 atom stereocenters. The number of benzene rings is 2. The molecule has 1 heterocycles. The number of ether oxygens (including phenoxy) is 1. The molecule has 0 bridgehead atoms. The lowest BCUT2D eigenvalue weighted by Crippen LogP contribution is -2.52. The van der Waals surface area contributed by atoms with Gasteiger partial charge in [-0.05, 0) is 43.7 Å². The molecule has 1 amide bonds. The van der Waals surface area contributed by atoms with Gasteiger partial charge in [0.2, 0.25) is 0 Å². The SMILES string of the molecule is CC1CN(C(C)CNC(=O)c2cc3ccccc3cc2O)CC(C)O1. The van der Waals surface area contributed by atoms with Crippen LogP contribution in [0.15, 0.2) is 36.4 Å². The van der Waals surface area contributed by atoms with Crippen molar-refractivity contribution in [3.05, 3.63) is 42.0 Å². The van der Waals surface area contributed by atoms with Crippen LogP contribution in [-0.4, -0.2) is 53.8 Å². The summed E-state index contributed by atoms with van der Waals surface area (Å²) >= 11 is 0. The largest absolute Gasteiger partial charge is 0.507 e. The number of hydrogen-bond donors (Lipinski definition) is 2. The number of nitrogens with zero attached hydrogens (tertiary/aromatic N) is 1. The molecule has 0 saturated carbocycles. The van der Waals surface area contributed by atoms with Crippen molar-refractivity contribution < 1.29 is 14.6 Å². The molecule has 0 radical (unpaired) electrons. The third kappa shape index (κ3) is 4.11. The van der Waals surface area contributed by atoms with E-state index >= 15 is 0 Å². The van der Waals surface area contributed by atoms with E-state index in [-0.39, 0.29) is 29.9 Å². The van der Waals surface area contributed by atoms with E-state index in [1.54, 1.807) is 12.1 Å². The third-order valence-corrected chi connectivity index (χ3v) is 4.74. The Labute approximate surface area is 148 Å². The van der Waals surface area contributed by atoms with Gasteiger partial charge >= 0.3 is 0 Å². The van der Waals surface area contributed by atoms with Gasteiger partial charge in [-0.15, -0.1) is 0 Å². The summed E-state index contributed by atoms with van der Waals surface area (Å²) in [4.78, 5) is 14.8. The number of carbonyl (C=O) groups is 1. The average molecular weight is 342 g/mol. The minimum Gasteiger partial charge on any atom is -0.507 e. The van der Waals surface area contributed by atoms with E-state index in [0.29, 0.717) is 12.1 Å². The van der Waals surface area contributed by atoms with Gasteiger partial charge in [0.1, 0.15) is 5.75 Å². The molecule has 2 N–H and O–H groups in total. The van der Waals surface area contributed by atoms with Crippen LogP contribution in [-0.2, 0) is 4.74 Å². The monoisotopic (exact) mass is 342 g/mol. The summed E-state index contributed by atoms with van der Waals surface area (Å²) in [5.41, 5.74) is 0.314. The maximum absolute atomic E-state index is 12.5. The van der Waals surface area contributed by atoms with Crippen LogP contribution in [0.4, 0.5) is 0 Å². The lowest BCUT2D eigenvalue weighted by molar-refractivity contribution is -0.0778. The van der Waals surface area contributed by atoms with Crippen molar-refractivity contribution in [2.75, 3.05) is 19.6 Å². The van der Waals surface area contributed by atoms with Crippen LogP contribution in [0.25, 0.3) is 10.8 Å². The topological polar surface area (TPSA) is 61.8 Å². The van der Waals surface area contributed by atoms with Crippen LogP contribution in [0.2, 0.25) is 0 Å². The Morgan fingerprint density at radius 1 is 1.24 bits per heavy atom. The van der Waals surface area contributed by atoms with E-state index in [9.17, 15) is 9.90 Å². The van der Waals surface area contributed by atoms with Crippen molar-refractivity contribution in [1.82, 2.24) is 10.2 Å². The first-order chi connectivity index (χ1) is 11.9. The number of morpholine rings is 1. The van der Waals surface area contributed by atoms with Crippen molar-refractivity contribution in [3.8, 4) is 5.75 Å². The molecule has 1 aliphatic rings. The summed E-state index contributed by atoms with van der Waals surface area (Å²) in [6.45, 7) is 8.50. The molecule has 25 heavy (non-hydrogen) atoms. The van der Waals surface area contributed by atoms with Crippen LogP contribution in [0.1, 0.15) is 31.1 Å². The van der Waals surface area contributed by atoms with Gasteiger partial charge in [-0.1, -0.05) is 24.3 Å². The number of rotatable bonds is 4. The van der Waals surface area contributed by atoms with Crippen LogP contribution in [0.5, 0.6) is 5.75 Å². The third-order valence-electron chi connectivity index (χ3n) is 4.74. The summed E-state index contributed by atoms with van der Waals surface area (Å²) in [5, 5.41) is 15.0. The first kappa shape index (κ1) is 17.7. The summed E-state index contributed by atoms with van der Waals surface area (Å²) in [7, 11) is 0. The maximum Gasteiger partial charge on any atom is 0.255 e. The van der Waals surface area contributed by atoms with E-state index in [1.807, 2.05) is 24.3 Å². The molecule has 0 aromatic heterocycles. The van der Waals surface area contributed by atoms with Crippen molar-refractivity contribution in [2.45, 2.75) is 39.0 Å². The molecule has 1 fully saturated rings. The quantitative estimate of drug-likeness (QED) is 0.897. The predicted molar refractivity (Wildman–Crippen MR) is 99.0 cm³/mol. The van der Waals surface area contributed by atoms with Crippen molar-refractivity contribution in [2.24, 2.45) is 0 Å². The Morgan fingerprint density at radius 2 is 1.84 bits per heavy atom. The molecular formula is C20H26N2O3. The summed E-state index contributed by atoms with van der Waals surface area (Å²) in [5.74, 6) is -0.234. The van der Waals surface area contributed by atoms with Gasteiger partial charge in [-0.3, -0.25) is 9.69 Å². The van der Waals surface area contributed by atoms with E-state index < -0.39 is 0 Å². The Kier molecular flexibility index (Phi) is 5.25. The highest BCUT2D eigenvalue weighted by atomic mass is 16.5. The van der Waals surface area contributed by atoms with E-state index in [4.69, 9.17) is 4.74 Å². The van der Waals surface area contributed by atoms with Crippen LogP contribution in [0.3, 0.4) is 0 Å². The van der Waals surface area contributed by atoms with Gasteiger partial charge in [-0.25, -0.2) is 0 Å². The lowest BCUT2D eigenvalue weighted by atomic mass is 10.1. The molecule has 2 aromatic carbocycles. The Bertz CT molecular complexity index is 752. The molecule has 2 aromatic rings.